The number of pyridine rings is 1. The van der Waals surface area contributed by atoms with E-state index < -0.39 is 0 Å². The van der Waals surface area contributed by atoms with E-state index in [4.69, 9.17) is 4.98 Å². The van der Waals surface area contributed by atoms with Crippen LogP contribution in [0, 0.1) is 19.7 Å². The lowest BCUT2D eigenvalue weighted by Crippen LogP contribution is -2.49. The molecule has 0 aliphatic carbocycles. The molecule has 0 aromatic carbocycles. The van der Waals surface area contributed by atoms with Crippen LogP contribution >= 0.6 is 0 Å². The third kappa shape index (κ3) is 4.64. The lowest BCUT2D eigenvalue weighted by molar-refractivity contribution is 0.484. The highest BCUT2D eigenvalue weighted by atomic mass is 19.1. The molecule has 3 aromatic rings. The van der Waals surface area contributed by atoms with Gasteiger partial charge < -0.3 is 20.9 Å². The van der Waals surface area contributed by atoms with Crippen LogP contribution in [0.2, 0.25) is 0 Å². The highest BCUT2D eigenvalue weighted by Crippen LogP contribution is 2.29. The quantitative estimate of drug-likeness (QED) is 0.539. The largest absolute Gasteiger partial charge is 0.364 e. The summed E-state index contributed by atoms with van der Waals surface area (Å²) in [7, 11) is 1.90. The van der Waals surface area contributed by atoms with Crippen molar-refractivity contribution in [1.29, 1.82) is 0 Å². The van der Waals surface area contributed by atoms with Gasteiger partial charge in [0.2, 0.25) is 5.95 Å². The first-order chi connectivity index (χ1) is 15.3. The molecule has 170 valence electrons. The molecule has 0 saturated carbocycles. The van der Waals surface area contributed by atoms with Gasteiger partial charge in [0, 0.05) is 44.5 Å². The van der Waals surface area contributed by atoms with Crippen molar-refractivity contribution in [2.75, 3.05) is 35.2 Å². The van der Waals surface area contributed by atoms with E-state index in [0.717, 1.165) is 31.0 Å². The number of halogens is 1. The second kappa shape index (κ2) is 9.07. The molecule has 0 amide bonds. The monoisotopic (exact) mass is 439 g/mol. The Kier molecular flexibility index (Phi) is 6.22. The molecule has 1 atom stereocenters. The summed E-state index contributed by atoms with van der Waals surface area (Å²) in [6.45, 7) is 10.3. The summed E-state index contributed by atoms with van der Waals surface area (Å²) in [6, 6.07) is 4.04. The minimum Gasteiger partial charge on any atom is -0.364 e. The Morgan fingerprint density at radius 1 is 1.19 bits per heavy atom. The number of nitrogens with zero attached hydrogens (tertiary/aromatic N) is 6. The average Bonchev–Trinajstić information content (AvgIpc) is 3.07. The van der Waals surface area contributed by atoms with E-state index in [0.29, 0.717) is 47.1 Å². The highest BCUT2D eigenvalue weighted by Gasteiger charge is 2.21. The molecule has 0 spiro atoms. The van der Waals surface area contributed by atoms with Crippen LogP contribution in [0.3, 0.4) is 0 Å². The zero-order chi connectivity index (χ0) is 22.8. The highest BCUT2D eigenvalue weighted by molar-refractivity contribution is 5.72. The summed E-state index contributed by atoms with van der Waals surface area (Å²) >= 11 is 0. The van der Waals surface area contributed by atoms with Crippen LogP contribution in [-0.4, -0.2) is 50.4 Å². The molecule has 1 fully saturated rings. The van der Waals surface area contributed by atoms with Gasteiger partial charge in [-0.05, 0) is 38.8 Å². The lowest BCUT2D eigenvalue weighted by Gasteiger charge is -2.34. The number of piperazine rings is 1. The van der Waals surface area contributed by atoms with Crippen LogP contribution in [0.1, 0.15) is 30.8 Å². The Labute approximate surface area is 187 Å². The summed E-state index contributed by atoms with van der Waals surface area (Å²) < 4.78 is 16.0. The van der Waals surface area contributed by atoms with Gasteiger partial charge in [0.15, 0.2) is 11.6 Å². The fraction of sp³-hybridized carbons (Fsp3) is 0.455. The molecular formula is C22H30FN9. The van der Waals surface area contributed by atoms with Gasteiger partial charge in [0.05, 0.1) is 17.6 Å². The number of aromatic nitrogens is 5. The van der Waals surface area contributed by atoms with Crippen molar-refractivity contribution in [1.82, 2.24) is 30.0 Å². The molecule has 0 bridgehead atoms. The molecule has 3 N–H and O–H groups in total. The maximum absolute atomic E-state index is 14.2. The van der Waals surface area contributed by atoms with E-state index >= 15 is 0 Å². The Bertz CT molecular complexity index is 1090. The normalized spacial score (nSPS) is 16.3. The van der Waals surface area contributed by atoms with Gasteiger partial charge in [0.25, 0.3) is 0 Å². The number of hydrogen-bond acceptors (Lipinski definition) is 8. The third-order valence-corrected chi connectivity index (χ3v) is 5.66. The van der Waals surface area contributed by atoms with Gasteiger partial charge in [-0.2, -0.15) is 10.1 Å². The predicted octanol–water partition coefficient (Wildman–Crippen LogP) is 3.21. The molecule has 0 unspecified atom stereocenters. The summed E-state index contributed by atoms with van der Waals surface area (Å²) in [5.74, 6) is 2.00. The molecule has 4 heterocycles. The molecular weight excluding hydrogens is 409 g/mol. The van der Waals surface area contributed by atoms with Crippen LogP contribution in [0.25, 0.3) is 0 Å². The Balaban J connectivity index is 1.67. The first-order valence-corrected chi connectivity index (χ1v) is 10.9. The first kappa shape index (κ1) is 21.9. The topological polar surface area (TPSA) is 95.8 Å². The zero-order valence-electron chi connectivity index (χ0n) is 19.2. The van der Waals surface area contributed by atoms with E-state index in [2.05, 4.69) is 42.8 Å². The van der Waals surface area contributed by atoms with E-state index in [9.17, 15) is 4.39 Å². The maximum atomic E-state index is 14.2. The van der Waals surface area contributed by atoms with Crippen molar-refractivity contribution in [3.63, 3.8) is 0 Å². The first-order valence-electron chi connectivity index (χ1n) is 10.9. The van der Waals surface area contributed by atoms with Crippen LogP contribution in [0.5, 0.6) is 0 Å². The number of nitrogens with one attached hydrogen (secondary N) is 3. The van der Waals surface area contributed by atoms with Crippen molar-refractivity contribution in [3.05, 3.63) is 41.1 Å². The fourth-order valence-electron chi connectivity index (χ4n) is 3.81. The van der Waals surface area contributed by atoms with Crippen molar-refractivity contribution in [3.8, 4) is 0 Å². The van der Waals surface area contributed by atoms with Crippen LogP contribution in [0.15, 0.2) is 18.3 Å². The SMILES string of the molecule is CCc1cc(Nc2ncc(N3CCN[C@@H](C)C3)c(Nc3cc(C)n(C)n3)n2)nc(C)c1F. The molecule has 32 heavy (non-hydrogen) atoms. The van der Waals surface area contributed by atoms with Crippen molar-refractivity contribution in [2.45, 2.75) is 40.2 Å². The minimum atomic E-state index is -0.268. The van der Waals surface area contributed by atoms with Crippen LogP contribution in [-0.2, 0) is 13.5 Å². The Morgan fingerprint density at radius 3 is 2.69 bits per heavy atom. The standard InChI is InChI=1S/C22H30FN9/c1-6-16-10-18(26-15(4)20(16)23)28-22-25-11-17(32-8-7-24-13(2)12-32)21(29-22)27-19-9-14(3)31(5)30-19/h9-11,13,24H,6-8,12H2,1-5H3,(H2,25,26,27,28,29,30)/t13-/m0/s1. The molecule has 1 saturated heterocycles. The van der Waals surface area contributed by atoms with E-state index in [1.165, 1.54) is 0 Å². The lowest BCUT2D eigenvalue weighted by atomic mass is 10.1. The van der Waals surface area contributed by atoms with Crippen molar-refractivity contribution < 1.29 is 4.39 Å². The van der Waals surface area contributed by atoms with Crippen molar-refractivity contribution >= 4 is 29.1 Å². The van der Waals surface area contributed by atoms with Gasteiger partial charge in [-0.1, -0.05) is 6.92 Å². The zero-order valence-corrected chi connectivity index (χ0v) is 19.2. The second-order valence-electron chi connectivity index (χ2n) is 8.19. The van der Waals surface area contributed by atoms with Gasteiger partial charge in [-0.25, -0.2) is 14.4 Å². The second-order valence-corrected chi connectivity index (χ2v) is 8.19. The number of hydrogen-bond donors (Lipinski definition) is 3. The average molecular weight is 440 g/mol. The summed E-state index contributed by atoms with van der Waals surface area (Å²) in [6.07, 6.45) is 2.39. The summed E-state index contributed by atoms with van der Waals surface area (Å²) in [5.41, 5.74) is 2.90. The molecule has 3 aromatic heterocycles. The van der Waals surface area contributed by atoms with Gasteiger partial charge in [0.1, 0.15) is 11.6 Å². The summed E-state index contributed by atoms with van der Waals surface area (Å²) in [5, 5.41) is 14.4. The Hall–Kier alpha value is -3.27. The smallest absolute Gasteiger partial charge is 0.230 e. The van der Waals surface area contributed by atoms with Gasteiger partial charge >= 0.3 is 0 Å². The molecule has 1 aliphatic rings. The molecule has 10 heteroatoms. The number of rotatable bonds is 6. The van der Waals surface area contributed by atoms with E-state index in [1.807, 2.05) is 37.8 Å². The van der Waals surface area contributed by atoms with Crippen LogP contribution in [0.4, 0.5) is 33.5 Å². The van der Waals surface area contributed by atoms with Gasteiger partial charge in [-0.3, -0.25) is 4.68 Å². The molecule has 4 rings (SSSR count). The Morgan fingerprint density at radius 2 is 2.00 bits per heavy atom. The number of anilines is 5. The number of aryl methyl sites for hydroxylation is 4. The third-order valence-electron chi connectivity index (χ3n) is 5.66. The fourth-order valence-corrected chi connectivity index (χ4v) is 3.81. The minimum absolute atomic E-state index is 0.268. The maximum Gasteiger partial charge on any atom is 0.230 e. The van der Waals surface area contributed by atoms with Crippen LogP contribution < -0.4 is 20.9 Å². The molecule has 9 nitrogen and oxygen atoms in total. The summed E-state index contributed by atoms with van der Waals surface area (Å²) in [4.78, 5) is 15.8. The predicted molar refractivity (Wildman–Crippen MR) is 125 cm³/mol. The van der Waals surface area contributed by atoms with Crippen molar-refractivity contribution in [2.24, 2.45) is 7.05 Å². The molecule has 0 radical (unpaired) electrons. The van der Waals surface area contributed by atoms with Gasteiger partial charge in [-0.15, -0.1) is 0 Å². The molecule has 1 aliphatic heterocycles. The van der Waals surface area contributed by atoms with E-state index in [-0.39, 0.29) is 5.82 Å². The van der Waals surface area contributed by atoms with E-state index in [1.54, 1.807) is 13.0 Å².